The minimum atomic E-state index is -1.73. The van der Waals surface area contributed by atoms with Gasteiger partial charge in [0, 0.05) is 24.7 Å². The Labute approximate surface area is 337 Å². The number of nitrogens with one attached hydrogen (secondary N) is 2. The number of aryl methyl sites for hydroxylation is 1. The van der Waals surface area contributed by atoms with Crippen molar-refractivity contribution in [2.24, 2.45) is 11.8 Å². The Bertz CT molecular complexity index is 1950. The van der Waals surface area contributed by atoms with E-state index in [0.717, 1.165) is 36.0 Å². The highest BCUT2D eigenvalue weighted by molar-refractivity contribution is 7.45. The van der Waals surface area contributed by atoms with Crippen LogP contribution in [0.2, 0.25) is 0 Å². The molecule has 13 heteroatoms. The Hall–Kier alpha value is -4.34. The third-order valence-corrected chi connectivity index (χ3v) is 11.7. The average Bonchev–Trinajstić information content (AvgIpc) is 3.62. The minimum absolute atomic E-state index is 0.0348. The van der Waals surface area contributed by atoms with Crippen molar-refractivity contribution in [3.63, 3.8) is 0 Å². The molecular weight excluding hydrogens is 743 g/mol. The van der Waals surface area contributed by atoms with E-state index >= 15 is 0 Å². The molecule has 0 amide bonds. The van der Waals surface area contributed by atoms with Gasteiger partial charge in [0.15, 0.2) is 0 Å². The summed E-state index contributed by atoms with van der Waals surface area (Å²) in [5.74, 6) is 1.83. The van der Waals surface area contributed by atoms with Gasteiger partial charge in [0.25, 0.3) is 14.1 Å². The first-order chi connectivity index (χ1) is 27.5. The second kappa shape index (κ2) is 20.9. The highest BCUT2D eigenvalue weighted by atomic mass is 31.2. The number of benzene rings is 3. The van der Waals surface area contributed by atoms with E-state index in [4.69, 9.17) is 28.0 Å². The number of H-pyrrole nitrogens is 1. The van der Waals surface area contributed by atoms with Gasteiger partial charge in [0.1, 0.15) is 29.4 Å². The van der Waals surface area contributed by atoms with Crippen LogP contribution >= 0.6 is 8.53 Å². The lowest BCUT2D eigenvalue weighted by Crippen LogP contribution is -2.39. The first-order valence-corrected chi connectivity index (χ1v) is 20.9. The third-order valence-electron chi connectivity index (χ3n) is 10.3. The number of hydrogen-bond acceptors (Lipinski definition) is 10. The molecular formula is C44H57N4O8P. The van der Waals surface area contributed by atoms with Crippen molar-refractivity contribution in [1.82, 2.24) is 14.6 Å². The van der Waals surface area contributed by atoms with E-state index in [1.54, 1.807) is 21.1 Å². The molecule has 306 valence electrons. The van der Waals surface area contributed by atoms with Crippen LogP contribution in [-0.4, -0.2) is 55.2 Å². The molecule has 1 saturated heterocycles. The van der Waals surface area contributed by atoms with E-state index < -0.39 is 43.8 Å². The third kappa shape index (κ3) is 11.0. The van der Waals surface area contributed by atoms with E-state index in [1.165, 1.54) is 10.8 Å². The summed E-state index contributed by atoms with van der Waals surface area (Å²) >= 11 is 0. The number of methoxy groups -OCH3 is 2. The summed E-state index contributed by atoms with van der Waals surface area (Å²) in [5.41, 5.74) is 0.783. The summed E-state index contributed by atoms with van der Waals surface area (Å²) in [6.07, 6.45) is 2.57. The van der Waals surface area contributed by atoms with Gasteiger partial charge in [0.05, 0.1) is 45.5 Å². The fourth-order valence-electron chi connectivity index (χ4n) is 6.96. The molecule has 1 aromatic heterocycles. The largest absolute Gasteiger partial charge is 0.497 e. The van der Waals surface area contributed by atoms with Gasteiger partial charge in [0.2, 0.25) is 0 Å². The monoisotopic (exact) mass is 800 g/mol. The lowest BCUT2D eigenvalue weighted by Gasteiger charge is -2.37. The van der Waals surface area contributed by atoms with Gasteiger partial charge in [-0.3, -0.25) is 19.4 Å². The lowest BCUT2D eigenvalue weighted by atomic mass is 9.80. The van der Waals surface area contributed by atoms with Crippen molar-refractivity contribution >= 4 is 8.53 Å². The molecule has 1 aliphatic heterocycles. The molecule has 3 aromatic carbocycles. The molecule has 2 heterocycles. The molecule has 57 heavy (non-hydrogen) atoms. The number of nitrogens with zero attached hydrogens (tertiary/aromatic N) is 2. The molecule has 0 saturated carbocycles. The zero-order valence-electron chi connectivity index (χ0n) is 34.1. The van der Waals surface area contributed by atoms with Crippen molar-refractivity contribution in [3.8, 4) is 17.6 Å². The second-order valence-electron chi connectivity index (χ2n) is 14.9. The van der Waals surface area contributed by atoms with Crippen molar-refractivity contribution in [3.05, 3.63) is 128 Å². The van der Waals surface area contributed by atoms with Crippen LogP contribution in [0.15, 0.2) is 94.6 Å². The molecule has 0 radical (unpaired) electrons. The first-order valence-electron chi connectivity index (χ1n) is 19.7. The number of hydrogen-bond donors (Lipinski definition) is 2. The highest BCUT2D eigenvalue weighted by Crippen LogP contribution is 2.46. The molecule has 6 unspecified atom stereocenters. The maximum atomic E-state index is 13.2. The van der Waals surface area contributed by atoms with Crippen molar-refractivity contribution in [1.29, 1.82) is 5.26 Å². The topological polar surface area (TPSA) is 146 Å². The minimum Gasteiger partial charge on any atom is -0.497 e. The zero-order valence-corrected chi connectivity index (χ0v) is 35.0. The second-order valence-corrected chi connectivity index (χ2v) is 16.2. The molecule has 1 aliphatic rings. The summed E-state index contributed by atoms with van der Waals surface area (Å²) in [7, 11) is 1.53. The molecule has 6 atom stereocenters. The van der Waals surface area contributed by atoms with Gasteiger partial charge in [-0.2, -0.15) is 5.26 Å². The van der Waals surface area contributed by atoms with Crippen LogP contribution in [0.25, 0.3) is 0 Å². The maximum absolute atomic E-state index is 13.2. The van der Waals surface area contributed by atoms with Crippen LogP contribution in [0, 0.1) is 30.1 Å². The van der Waals surface area contributed by atoms with Crippen molar-refractivity contribution in [2.75, 3.05) is 27.4 Å². The van der Waals surface area contributed by atoms with Crippen LogP contribution < -0.4 is 25.8 Å². The van der Waals surface area contributed by atoms with E-state index in [-0.39, 0.29) is 31.5 Å². The molecule has 0 spiro atoms. The number of aromatic nitrogens is 2. The zero-order chi connectivity index (χ0) is 41.0. The average molecular weight is 801 g/mol. The van der Waals surface area contributed by atoms with Crippen LogP contribution in [-0.2, 0) is 24.1 Å². The van der Waals surface area contributed by atoms with Crippen molar-refractivity contribution < 1.29 is 28.0 Å². The quantitative estimate of drug-likeness (QED) is 0.0626. The molecule has 0 aliphatic carbocycles. The Morgan fingerprint density at radius 1 is 0.965 bits per heavy atom. The van der Waals surface area contributed by atoms with Gasteiger partial charge >= 0.3 is 5.69 Å². The Balaban J connectivity index is 1.57. The molecule has 5 rings (SSSR count). The molecule has 0 bridgehead atoms. The van der Waals surface area contributed by atoms with Gasteiger partial charge < -0.3 is 28.0 Å². The summed E-state index contributed by atoms with van der Waals surface area (Å²) in [6, 6.07) is 27.9. The van der Waals surface area contributed by atoms with Gasteiger partial charge in [-0.05, 0) is 66.1 Å². The Morgan fingerprint density at radius 2 is 1.58 bits per heavy atom. The van der Waals surface area contributed by atoms with E-state index in [1.807, 2.05) is 78.9 Å². The van der Waals surface area contributed by atoms with Crippen LogP contribution in [0.3, 0.4) is 0 Å². The maximum Gasteiger partial charge on any atom is 0.330 e. The van der Waals surface area contributed by atoms with Gasteiger partial charge in [-0.15, -0.1) is 0 Å². The lowest BCUT2D eigenvalue weighted by molar-refractivity contribution is -0.0923. The van der Waals surface area contributed by atoms with Crippen molar-refractivity contribution in [2.45, 2.75) is 96.9 Å². The molecule has 1 fully saturated rings. The van der Waals surface area contributed by atoms with Gasteiger partial charge in [-0.25, -0.2) is 4.79 Å². The summed E-state index contributed by atoms with van der Waals surface area (Å²) in [5, 5.41) is 13.3. The standard InChI is InChI=1S/C44H57N4O8P/c1-8-9-13-31(4)38(24-25-45)55-57(46-27-30(2)3)56-39-26-41(48-28-32(5)42(49)47-43(48)50)54-40(39)29-53-44(33-14-11-10-12-15-33,34-16-20-36(51-6)21-17-34)35-18-22-37(52-7)23-19-35/h10-12,14-23,28,30-31,38-41,46H,8-9,13,24,26-27,29H2,1-7H3,(H,47,49,50). The fourth-order valence-corrected chi connectivity index (χ4v) is 8.67. The van der Waals surface area contributed by atoms with Crippen LogP contribution in [0.1, 0.15) is 88.3 Å². The highest BCUT2D eigenvalue weighted by Gasteiger charge is 2.44. The summed E-state index contributed by atoms with van der Waals surface area (Å²) in [6.45, 7) is 10.8. The van der Waals surface area contributed by atoms with E-state index in [2.05, 4.69) is 43.8 Å². The van der Waals surface area contributed by atoms with Gasteiger partial charge in [-0.1, -0.05) is 95.1 Å². The molecule has 4 aromatic rings. The van der Waals surface area contributed by atoms with Crippen LogP contribution in [0.5, 0.6) is 11.5 Å². The number of nitriles is 1. The van der Waals surface area contributed by atoms with Crippen LogP contribution in [0.4, 0.5) is 0 Å². The number of aromatic amines is 1. The number of unbranched alkanes of at least 4 members (excludes halogenated alkanes) is 1. The fraction of sp³-hybridized carbons (Fsp3) is 0.477. The smallest absolute Gasteiger partial charge is 0.330 e. The molecule has 12 nitrogen and oxygen atoms in total. The molecule has 2 N–H and O–H groups in total. The number of ether oxygens (including phenoxy) is 4. The predicted octanol–water partition coefficient (Wildman–Crippen LogP) is 8.14. The summed E-state index contributed by atoms with van der Waals surface area (Å²) in [4.78, 5) is 28.0. The Kier molecular flexibility index (Phi) is 16.0. The Morgan fingerprint density at radius 3 is 2.14 bits per heavy atom. The first kappa shape index (κ1) is 43.8. The van der Waals surface area contributed by atoms with E-state index in [0.29, 0.717) is 29.5 Å². The SMILES string of the molecule is CCCCC(C)C(CC#N)OP(NCC(C)C)OC1CC(n2cc(C)c(=O)[nH]c2=O)OC1COC(c1ccccc1)(c1ccc(OC)cc1)c1ccc(OC)cc1. The normalized spacial score (nSPS) is 18.5. The summed E-state index contributed by atoms with van der Waals surface area (Å²) < 4.78 is 40.0. The number of rotatable bonds is 21. The van der Waals surface area contributed by atoms with E-state index in [9.17, 15) is 14.9 Å². The predicted molar refractivity (Wildman–Crippen MR) is 221 cm³/mol.